The van der Waals surface area contributed by atoms with Gasteiger partial charge in [-0.3, -0.25) is 10.1 Å². The summed E-state index contributed by atoms with van der Waals surface area (Å²) in [6, 6.07) is 5.01. The van der Waals surface area contributed by atoms with Crippen LogP contribution >= 0.6 is 0 Å². The van der Waals surface area contributed by atoms with Gasteiger partial charge in [0.2, 0.25) is 6.04 Å². The van der Waals surface area contributed by atoms with Gasteiger partial charge < -0.3 is 9.47 Å². The van der Waals surface area contributed by atoms with E-state index in [0.717, 1.165) is 5.56 Å². The number of rotatable bonds is 5. The number of nitro groups is 1. The van der Waals surface area contributed by atoms with Gasteiger partial charge in [0.25, 0.3) is 0 Å². The van der Waals surface area contributed by atoms with E-state index in [9.17, 15) is 10.1 Å². The first-order valence-corrected chi connectivity index (χ1v) is 6.76. The average Bonchev–Trinajstić information content (AvgIpc) is 2.48. The topological polar surface area (TPSA) is 61.6 Å². The summed E-state index contributed by atoms with van der Waals surface area (Å²) in [5, 5.41) is 11.2. The lowest BCUT2D eigenvalue weighted by molar-refractivity contribution is -0.526. The van der Waals surface area contributed by atoms with Gasteiger partial charge in [-0.1, -0.05) is 18.2 Å². The fourth-order valence-corrected chi connectivity index (χ4v) is 2.58. The molecule has 5 nitrogen and oxygen atoms in total. The molecule has 0 N–H and O–H groups in total. The molecule has 0 radical (unpaired) electrons. The van der Waals surface area contributed by atoms with E-state index in [2.05, 4.69) is 0 Å². The molecule has 0 spiro atoms. The summed E-state index contributed by atoms with van der Waals surface area (Å²) in [7, 11) is 1.58. The predicted molar refractivity (Wildman–Crippen MR) is 76.1 cm³/mol. The normalized spacial score (nSPS) is 21.5. The number of ether oxygens (including phenoxy) is 2. The second kappa shape index (κ2) is 6.41. The fourth-order valence-electron chi connectivity index (χ4n) is 2.58. The molecule has 1 aliphatic carbocycles. The summed E-state index contributed by atoms with van der Waals surface area (Å²) in [6.45, 7) is 2.46. The fraction of sp³-hybridized carbons (Fsp3) is 0.467. The van der Waals surface area contributed by atoms with Crippen LogP contribution in [0.4, 0.5) is 0 Å². The zero-order chi connectivity index (χ0) is 14.5. The van der Waals surface area contributed by atoms with E-state index in [-0.39, 0.29) is 10.8 Å². The van der Waals surface area contributed by atoms with Crippen LogP contribution in [0.2, 0.25) is 0 Å². The van der Waals surface area contributed by atoms with Crippen LogP contribution in [0, 0.1) is 10.1 Å². The average molecular weight is 277 g/mol. The van der Waals surface area contributed by atoms with E-state index in [1.807, 2.05) is 37.3 Å². The van der Waals surface area contributed by atoms with Gasteiger partial charge in [-0.25, -0.2) is 0 Å². The second-order valence-electron chi connectivity index (χ2n) is 4.75. The Morgan fingerprint density at radius 2 is 2.05 bits per heavy atom. The van der Waals surface area contributed by atoms with Crippen LogP contribution < -0.4 is 9.47 Å². The molecule has 0 aliphatic heterocycles. The van der Waals surface area contributed by atoms with Gasteiger partial charge >= 0.3 is 0 Å². The molecule has 5 heteroatoms. The number of benzene rings is 1. The standard InChI is InChI=1S/C15H19NO4/c1-3-20-14-9-8-11(10-15(14)19-2)12-6-4-5-7-13(12)16(17)18/h4-5,8-10,12-13H,3,6-7H2,1-2H3/t12-,13+/m0/s1. The highest BCUT2D eigenvalue weighted by molar-refractivity contribution is 5.44. The smallest absolute Gasteiger partial charge is 0.223 e. The molecule has 1 aromatic carbocycles. The Kier molecular flexibility index (Phi) is 4.61. The highest BCUT2D eigenvalue weighted by atomic mass is 16.6. The first-order chi connectivity index (χ1) is 9.67. The minimum Gasteiger partial charge on any atom is -0.493 e. The van der Waals surface area contributed by atoms with E-state index in [1.54, 1.807) is 7.11 Å². The van der Waals surface area contributed by atoms with Crippen molar-refractivity contribution in [3.05, 3.63) is 46.0 Å². The summed E-state index contributed by atoms with van der Waals surface area (Å²) >= 11 is 0. The monoisotopic (exact) mass is 277 g/mol. The third kappa shape index (κ3) is 2.92. The maximum absolute atomic E-state index is 11.2. The van der Waals surface area contributed by atoms with Gasteiger partial charge in [0, 0.05) is 11.3 Å². The molecule has 0 aromatic heterocycles. The molecule has 0 saturated carbocycles. The van der Waals surface area contributed by atoms with E-state index in [4.69, 9.17) is 9.47 Å². The minimum absolute atomic E-state index is 0.112. The molecular formula is C15H19NO4. The van der Waals surface area contributed by atoms with Crippen molar-refractivity contribution in [2.45, 2.75) is 31.7 Å². The van der Waals surface area contributed by atoms with E-state index >= 15 is 0 Å². The lowest BCUT2D eigenvalue weighted by Gasteiger charge is -2.23. The summed E-state index contributed by atoms with van der Waals surface area (Å²) in [5.74, 6) is 1.18. The largest absolute Gasteiger partial charge is 0.493 e. The summed E-state index contributed by atoms with van der Waals surface area (Å²) in [4.78, 5) is 11.0. The molecule has 2 atom stereocenters. The lowest BCUT2D eigenvalue weighted by atomic mass is 9.83. The summed E-state index contributed by atoms with van der Waals surface area (Å²) in [5.41, 5.74) is 0.927. The number of hydrogen-bond acceptors (Lipinski definition) is 4. The Morgan fingerprint density at radius 1 is 1.30 bits per heavy atom. The third-order valence-corrected chi connectivity index (χ3v) is 3.59. The summed E-state index contributed by atoms with van der Waals surface area (Å²) < 4.78 is 10.8. The maximum atomic E-state index is 11.2. The molecule has 0 amide bonds. The van der Waals surface area contributed by atoms with Gasteiger partial charge in [0.1, 0.15) is 0 Å². The van der Waals surface area contributed by atoms with Gasteiger partial charge in [-0.05, 0) is 31.0 Å². The zero-order valence-corrected chi connectivity index (χ0v) is 11.7. The number of allylic oxidation sites excluding steroid dienone is 1. The molecular weight excluding hydrogens is 258 g/mol. The predicted octanol–water partition coefficient (Wildman–Crippen LogP) is 3.17. The molecule has 1 aromatic rings. The van der Waals surface area contributed by atoms with E-state index in [1.165, 1.54) is 0 Å². The Balaban J connectivity index is 2.31. The van der Waals surface area contributed by atoms with Gasteiger partial charge in [0.15, 0.2) is 11.5 Å². The Bertz CT molecular complexity index is 513. The van der Waals surface area contributed by atoms with E-state index < -0.39 is 6.04 Å². The van der Waals surface area contributed by atoms with Gasteiger partial charge in [-0.15, -0.1) is 0 Å². The summed E-state index contributed by atoms with van der Waals surface area (Å²) in [6.07, 6.45) is 5.05. The van der Waals surface area contributed by atoms with Crippen molar-refractivity contribution in [2.24, 2.45) is 0 Å². The van der Waals surface area contributed by atoms with Crippen molar-refractivity contribution in [1.82, 2.24) is 0 Å². The van der Waals surface area contributed by atoms with Crippen molar-refractivity contribution in [2.75, 3.05) is 13.7 Å². The second-order valence-corrected chi connectivity index (χ2v) is 4.75. The quantitative estimate of drug-likeness (QED) is 0.471. The van der Waals surface area contributed by atoms with Crippen LogP contribution in [0.25, 0.3) is 0 Å². The lowest BCUT2D eigenvalue weighted by Crippen LogP contribution is -2.28. The van der Waals surface area contributed by atoms with Crippen LogP contribution in [-0.4, -0.2) is 24.7 Å². The molecule has 0 unspecified atom stereocenters. The van der Waals surface area contributed by atoms with Crippen LogP contribution in [0.15, 0.2) is 30.4 Å². The minimum atomic E-state index is -0.567. The van der Waals surface area contributed by atoms with Crippen LogP contribution in [0.1, 0.15) is 31.2 Å². The van der Waals surface area contributed by atoms with Crippen molar-refractivity contribution >= 4 is 0 Å². The first-order valence-electron chi connectivity index (χ1n) is 6.76. The molecule has 1 aliphatic rings. The highest BCUT2D eigenvalue weighted by Gasteiger charge is 2.33. The SMILES string of the molecule is CCOc1ccc([C@@H]2CC=CC[C@H]2[N+](=O)[O-])cc1OC. The van der Waals surface area contributed by atoms with Crippen LogP contribution in [0.3, 0.4) is 0 Å². The maximum Gasteiger partial charge on any atom is 0.223 e. The van der Waals surface area contributed by atoms with Crippen molar-refractivity contribution in [3.63, 3.8) is 0 Å². The molecule has 0 bridgehead atoms. The molecule has 2 rings (SSSR count). The Morgan fingerprint density at radius 3 is 2.70 bits per heavy atom. The van der Waals surface area contributed by atoms with Gasteiger partial charge in [0.05, 0.1) is 19.6 Å². The Hall–Kier alpha value is -2.04. The number of methoxy groups -OCH3 is 1. The van der Waals surface area contributed by atoms with Crippen LogP contribution in [0.5, 0.6) is 11.5 Å². The zero-order valence-electron chi connectivity index (χ0n) is 11.7. The molecule has 20 heavy (non-hydrogen) atoms. The first kappa shape index (κ1) is 14.4. The molecule has 0 heterocycles. The van der Waals surface area contributed by atoms with Crippen molar-refractivity contribution in [1.29, 1.82) is 0 Å². The van der Waals surface area contributed by atoms with Crippen molar-refractivity contribution in [3.8, 4) is 11.5 Å². The number of hydrogen-bond donors (Lipinski definition) is 0. The number of nitrogens with zero attached hydrogens (tertiary/aromatic N) is 1. The van der Waals surface area contributed by atoms with E-state index in [0.29, 0.717) is 30.9 Å². The third-order valence-electron chi connectivity index (χ3n) is 3.59. The molecule has 0 fully saturated rings. The van der Waals surface area contributed by atoms with Gasteiger partial charge in [-0.2, -0.15) is 0 Å². The van der Waals surface area contributed by atoms with Crippen LogP contribution in [-0.2, 0) is 0 Å². The van der Waals surface area contributed by atoms with Crippen molar-refractivity contribution < 1.29 is 14.4 Å². The molecule has 0 saturated heterocycles. The molecule has 108 valence electrons. The highest BCUT2D eigenvalue weighted by Crippen LogP contribution is 2.36. The Labute approximate surface area is 118 Å².